The molecule has 1 fully saturated rings. The van der Waals surface area contributed by atoms with Gasteiger partial charge in [-0.2, -0.15) is 0 Å². The van der Waals surface area contributed by atoms with Gasteiger partial charge in [-0.3, -0.25) is 4.79 Å². The van der Waals surface area contributed by atoms with Crippen LogP contribution in [0.4, 0.5) is 0 Å². The molecule has 0 amide bonds. The average molecular weight is 367 g/mol. The van der Waals surface area contributed by atoms with Gasteiger partial charge in [-0.05, 0) is 31.6 Å². The third-order valence-corrected chi connectivity index (χ3v) is 5.66. The zero-order chi connectivity index (χ0) is 18.7. The molecule has 0 unspecified atom stereocenters. The number of hydrogen-bond acceptors (Lipinski definition) is 2. The molecule has 3 heteroatoms. The molecule has 1 heterocycles. The van der Waals surface area contributed by atoms with E-state index in [1.807, 2.05) is 0 Å². The van der Waals surface area contributed by atoms with Crippen LogP contribution >= 0.6 is 0 Å². The van der Waals surface area contributed by atoms with Crippen molar-refractivity contribution < 1.29 is 9.53 Å². The summed E-state index contributed by atoms with van der Waals surface area (Å²) in [4.78, 5) is 11.7. The fourth-order valence-corrected chi connectivity index (χ4v) is 3.79. The van der Waals surface area contributed by atoms with Gasteiger partial charge in [-0.15, -0.1) is 0 Å². The fourth-order valence-electron chi connectivity index (χ4n) is 3.79. The number of esters is 1. The minimum atomic E-state index is 0.00794. The van der Waals surface area contributed by atoms with Crippen LogP contribution in [0.5, 0.6) is 0 Å². The van der Waals surface area contributed by atoms with Crippen LogP contribution < -0.4 is 5.32 Å². The molecule has 0 spiro atoms. The standard InChI is InChI=1S/C23H44NO2/c1-2-3-4-5-6-7-8-9-10-11-12-13-14-15-23(25)26-21-18-22-16-19-24-20-17-22/h22H,2-21H2,1H3. The lowest BCUT2D eigenvalue weighted by molar-refractivity contribution is -0.144. The number of carbonyl (C=O) groups excluding carboxylic acids is 1. The van der Waals surface area contributed by atoms with Gasteiger partial charge < -0.3 is 4.74 Å². The Morgan fingerprint density at radius 3 is 1.85 bits per heavy atom. The highest BCUT2D eigenvalue weighted by molar-refractivity contribution is 5.69. The lowest BCUT2D eigenvalue weighted by atomic mass is 9.95. The van der Waals surface area contributed by atoms with Crippen LogP contribution in [-0.4, -0.2) is 25.7 Å². The second kappa shape index (κ2) is 17.8. The minimum absolute atomic E-state index is 0.00794. The molecule has 0 saturated carbocycles. The molecule has 3 nitrogen and oxygen atoms in total. The van der Waals surface area contributed by atoms with Crippen molar-refractivity contribution in [2.24, 2.45) is 5.92 Å². The number of rotatable bonds is 17. The summed E-state index contributed by atoms with van der Waals surface area (Å²) in [5, 5.41) is 4.36. The van der Waals surface area contributed by atoms with Crippen LogP contribution in [0.1, 0.15) is 116 Å². The number of ether oxygens (including phenoxy) is 1. The van der Waals surface area contributed by atoms with E-state index in [1.165, 1.54) is 89.9 Å². The van der Waals surface area contributed by atoms with Gasteiger partial charge in [0.15, 0.2) is 0 Å². The predicted molar refractivity (Wildman–Crippen MR) is 110 cm³/mol. The second-order valence-corrected chi connectivity index (χ2v) is 8.12. The Hall–Kier alpha value is -0.570. The summed E-state index contributed by atoms with van der Waals surface area (Å²) in [5.41, 5.74) is 0. The molecule has 0 aromatic rings. The molecule has 0 aromatic carbocycles. The smallest absolute Gasteiger partial charge is 0.305 e. The summed E-state index contributed by atoms with van der Waals surface area (Å²) in [6.07, 6.45) is 21.4. The van der Waals surface area contributed by atoms with Gasteiger partial charge in [0.25, 0.3) is 0 Å². The Bertz CT molecular complexity index is 313. The molecule has 1 radical (unpaired) electrons. The summed E-state index contributed by atoms with van der Waals surface area (Å²) >= 11 is 0. The maximum Gasteiger partial charge on any atom is 0.305 e. The molecule has 0 bridgehead atoms. The van der Waals surface area contributed by atoms with E-state index in [-0.39, 0.29) is 5.97 Å². The Morgan fingerprint density at radius 1 is 0.808 bits per heavy atom. The maximum atomic E-state index is 11.7. The van der Waals surface area contributed by atoms with Gasteiger partial charge in [0.2, 0.25) is 0 Å². The number of unbranched alkanes of at least 4 members (excludes halogenated alkanes) is 12. The number of nitrogens with zero attached hydrogens (tertiary/aromatic N) is 1. The second-order valence-electron chi connectivity index (χ2n) is 8.12. The molecule has 0 atom stereocenters. The molecule has 1 saturated heterocycles. The van der Waals surface area contributed by atoms with Crippen molar-refractivity contribution in [2.75, 3.05) is 19.7 Å². The average Bonchev–Trinajstić information content (AvgIpc) is 2.66. The van der Waals surface area contributed by atoms with Gasteiger partial charge in [0.05, 0.1) is 6.61 Å². The highest BCUT2D eigenvalue weighted by atomic mass is 16.5. The lowest BCUT2D eigenvalue weighted by Gasteiger charge is -2.20. The van der Waals surface area contributed by atoms with Crippen molar-refractivity contribution in [1.29, 1.82) is 0 Å². The first-order valence-corrected chi connectivity index (χ1v) is 11.6. The van der Waals surface area contributed by atoms with Gasteiger partial charge in [-0.1, -0.05) is 84.0 Å². The van der Waals surface area contributed by atoms with E-state index < -0.39 is 0 Å². The topological polar surface area (TPSA) is 40.4 Å². The summed E-state index contributed by atoms with van der Waals surface area (Å²) in [6, 6.07) is 0. The van der Waals surface area contributed by atoms with E-state index in [4.69, 9.17) is 4.74 Å². The van der Waals surface area contributed by atoms with E-state index in [2.05, 4.69) is 12.2 Å². The van der Waals surface area contributed by atoms with Gasteiger partial charge in [0.1, 0.15) is 0 Å². The summed E-state index contributed by atoms with van der Waals surface area (Å²) in [7, 11) is 0. The molecular formula is C23H44NO2. The first kappa shape index (κ1) is 23.5. The largest absolute Gasteiger partial charge is 0.466 e. The number of piperidine rings is 1. The molecule has 0 aliphatic carbocycles. The molecule has 0 aromatic heterocycles. The van der Waals surface area contributed by atoms with Crippen LogP contribution in [0.3, 0.4) is 0 Å². The number of carbonyl (C=O) groups is 1. The predicted octanol–water partition coefficient (Wildman–Crippen LogP) is 6.42. The lowest BCUT2D eigenvalue weighted by Crippen LogP contribution is -2.23. The SMILES string of the molecule is CCCCCCCCCCCCCCCC(=O)OCCC1CC[N]CC1. The molecular weight excluding hydrogens is 322 g/mol. The monoisotopic (exact) mass is 366 g/mol. The first-order chi connectivity index (χ1) is 12.8. The Balaban J connectivity index is 1.74. The summed E-state index contributed by atoms with van der Waals surface area (Å²) in [5.74, 6) is 0.727. The van der Waals surface area contributed by atoms with E-state index in [0.717, 1.165) is 31.8 Å². The Morgan fingerprint density at radius 2 is 1.31 bits per heavy atom. The quantitative estimate of drug-likeness (QED) is 0.220. The zero-order valence-electron chi connectivity index (χ0n) is 17.5. The molecule has 1 aliphatic heterocycles. The van der Waals surface area contributed by atoms with Crippen molar-refractivity contribution in [3.63, 3.8) is 0 Å². The van der Waals surface area contributed by atoms with Crippen LogP contribution in [0.25, 0.3) is 0 Å². The minimum Gasteiger partial charge on any atom is -0.466 e. The van der Waals surface area contributed by atoms with Gasteiger partial charge >= 0.3 is 5.97 Å². The molecule has 1 aliphatic rings. The highest BCUT2D eigenvalue weighted by Crippen LogP contribution is 2.17. The normalized spacial score (nSPS) is 15.3. The van der Waals surface area contributed by atoms with Crippen molar-refractivity contribution in [3.8, 4) is 0 Å². The number of hydrogen-bond donors (Lipinski definition) is 0. The van der Waals surface area contributed by atoms with Crippen molar-refractivity contribution in [1.82, 2.24) is 5.32 Å². The van der Waals surface area contributed by atoms with Crippen LogP contribution in [0.15, 0.2) is 0 Å². The highest BCUT2D eigenvalue weighted by Gasteiger charge is 2.14. The van der Waals surface area contributed by atoms with Crippen molar-refractivity contribution in [3.05, 3.63) is 0 Å². The van der Waals surface area contributed by atoms with E-state index in [9.17, 15) is 4.79 Å². The van der Waals surface area contributed by atoms with Crippen LogP contribution in [0, 0.1) is 5.92 Å². The van der Waals surface area contributed by atoms with Crippen LogP contribution in [0.2, 0.25) is 0 Å². The third kappa shape index (κ3) is 14.6. The van der Waals surface area contributed by atoms with Gasteiger partial charge in [0, 0.05) is 19.5 Å². The summed E-state index contributed by atoms with van der Waals surface area (Å²) in [6.45, 7) is 4.88. The first-order valence-electron chi connectivity index (χ1n) is 11.6. The van der Waals surface area contributed by atoms with Gasteiger partial charge in [-0.25, -0.2) is 5.32 Å². The van der Waals surface area contributed by atoms with Crippen molar-refractivity contribution in [2.45, 2.75) is 116 Å². The Labute approximate surface area is 163 Å². The van der Waals surface area contributed by atoms with Crippen molar-refractivity contribution >= 4 is 5.97 Å². The molecule has 0 N–H and O–H groups in total. The zero-order valence-corrected chi connectivity index (χ0v) is 17.5. The van der Waals surface area contributed by atoms with E-state index in [0.29, 0.717) is 13.0 Å². The molecule has 1 rings (SSSR count). The van der Waals surface area contributed by atoms with Crippen LogP contribution in [-0.2, 0) is 9.53 Å². The maximum absolute atomic E-state index is 11.7. The summed E-state index contributed by atoms with van der Waals surface area (Å²) < 4.78 is 5.38. The molecule has 26 heavy (non-hydrogen) atoms. The Kier molecular flexibility index (Phi) is 16.1. The van der Waals surface area contributed by atoms with E-state index in [1.54, 1.807) is 0 Å². The fraction of sp³-hybridized carbons (Fsp3) is 0.957. The molecule has 153 valence electrons. The van der Waals surface area contributed by atoms with E-state index >= 15 is 0 Å². The third-order valence-electron chi connectivity index (χ3n) is 5.66.